The van der Waals surface area contributed by atoms with Crippen LogP contribution in [0, 0.1) is 11.8 Å². The summed E-state index contributed by atoms with van der Waals surface area (Å²) >= 11 is 0. The highest BCUT2D eigenvalue weighted by molar-refractivity contribution is 5.18. The molecule has 0 aromatic heterocycles. The average molecular weight is 176 g/mol. The van der Waals surface area contributed by atoms with Gasteiger partial charge in [0.2, 0.25) is 0 Å². The molecule has 0 spiro atoms. The van der Waals surface area contributed by atoms with Crippen LogP contribution in [0.3, 0.4) is 0 Å². The largest absolute Gasteiger partial charge is 0.0879 e. The summed E-state index contributed by atoms with van der Waals surface area (Å²) in [7, 11) is 0. The van der Waals surface area contributed by atoms with E-state index in [4.69, 9.17) is 0 Å². The summed E-state index contributed by atoms with van der Waals surface area (Å²) in [6.07, 6.45) is 15.4. The Balaban J connectivity index is 1.83. The summed E-state index contributed by atoms with van der Waals surface area (Å²) in [5, 5.41) is 0. The molecular weight excluding hydrogens is 156 g/mol. The van der Waals surface area contributed by atoms with Crippen LogP contribution in [-0.2, 0) is 0 Å². The van der Waals surface area contributed by atoms with Crippen molar-refractivity contribution >= 4 is 0 Å². The van der Waals surface area contributed by atoms with Gasteiger partial charge in [-0.25, -0.2) is 0 Å². The molecule has 13 heavy (non-hydrogen) atoms. The summed E-state index contributed by atoms with van der Waals surface area (Å²) in [4.78, 5) is 0. The van der Waals surface area contributed by atoms with Crippen molar-refractivity contribution in [2.24, 2.45) is 11.8 Å². The van der Waals surface area contributed by atoms with Gasteiger partial charge in [0, 0.05) is 0 Å². The topological polar surface area (TPSA) is 0 Å². The molecule has 2 aliphatic rings. The maximum atomic E-state index is 2.53. The van der Waals surface area contributed by atoms with Crippen molar-refractivity contribution in [1.29, 1.82) is 0 Å². The zero-order valence-corrected chi connectivity index (χ0v) is 8.63. The molecule has 0 saturated carbocycles. The molecule has 0 amide bonds. The first-order chi connectivity index (χ1) is 6.40. The van der Waals surface area contributed by atoms with E-state index in [1.165, 1.54) is 38.5 Å². The van der Waals surface area contributed by atoms with Crippen molar-refractivity contribution in [3.05, 3.63) is 23.8 Å². The fourth-order valence-corrected chi connectivity index (χ4v) is 2.70. The van der Waals surface area contributed by atoms with Crippen molar-refractivity contribution in [3.63, 3.8) is 0 Å². The SMILES string of the molecule is CCCC1CC=C(C2CC=CC2)C1. The van der Waals surface area contributed by atoms with Gasteiger partial charge in [-0.15, -0.1) is 0 Å². The Morgan fingerprint density at radius 1 is 1.23 bits per heavy atom. The van der Waals surface area contributed by atoms with Crippen molar-refractivity contribution in [1.82, 2.24) is 0 Å². The van der Waals surface area contributed by atoms with E-state index in [0.29, 0.717) is 0 Å². The Morgan fingerprint density at radius 2 is 2.00 bits per heavy atom. The third kappa shape index (κ3) is 2.04. The Morgan fingerprint density at radius 3 is 2.69 bits per heavy atom. The highest BCUT2D eigenvalue weighted by Crippen LogP contribution is 2.37. The summed E-state index contributed by atoms with van der Waals surface area (Å²) < 4.78 is 0. The molecule has 0 saturated heterocycles. The van der Waals surface area contributed by atoms with Crippen molar-refractivity contribution < 1.29 is 0 Å². The summed E-state index contributed by atoms with van der Waals surface area (Å²) in [6.45, 7) is 2.30. The molecule has 0 bridgehead atoms. The number of allylic oxidation sites excluding steroid dienone is 4. The smallest absolute Gasteiger partial charge is 0.0134 e. The average Bonchev–Trinajstić information content (AvgIpc) is 2.70. The second kappa shape index (κ2) is 4.13. The van der Waals surface area contributed by atoms with Crippen LogP contribution < -0.4 is 0 Å². The van der Waals surface area contributed by atoms with Gasteiger partial charge in [-0.05, 0) is 37.5 Å². The van der Waals surface area contributed by atoms with Gasteiger partial charge in [0.25, 0.3) is 0 Å². The van der Waals surface area contributed by atoms with Crippen LogP contribution in [0.25, 0.3) is 0 Å². The van der Waals surface area contributed by atoms with Crippen LogP contribution in [0.5, 0.6) is 0 Å². The molecule has 0 nitrogen and oxygen atoms in total. The molecule has 72 valence electrons. The van der Waals surface area contributed by atoms with Crippen LogP contribution in [0.2, 0.25) is 0 Å². The zero-order chi connectivity index (χ0) is 9.10. The molecule has 1 unspecified atom stereocenters. The van der Waals surface area contributed by atoms with E-state index in [1.54, 1.807) is 5.57 Å². The Hall–Kier alpha value is -0.520. The van der Waals surface area contributed by atoms with Gasteiger partial charge >= 0.3 is 0 Å². The molecule has 0 heterocycles. The highest BCUT2D eigenvalue weighted by atomic mass is 14.3. The molecule has 0 N–H and O–H groups in total. The number of hydrogen-bond acceptors (Lipinski definition) is 0. The van der Waals surface area contributed by atoms with E-state index in [9.17, 15) is 0 Å². The van der Waals surface area contributed by atoms with Crippen LogP contribution in [-0.4, -0.2) is 0 Å². The molecule has 2 aliphatic carbocycles. The molecule has 0 radical (unpaired) electrons. The van der Waals surface area contributed by atoms with Crippen LogP contribution in [0.15, 0.2) is 23.8 Å². The van der Waals surface area contributed by atoms with Gasteiger partial charge in [0.15, 0.2) is 0 Å². The van der Waals surface area contributed by atoms with Crippen molar-refractivity contribution in [2.45, 2.75) is 45.4 Å². The van der Waals surface area contributed by atoms with Gasteiger partial charge in [0.05, 0.1) is 0 Å². The molecule has 0 aromatic rings. The minimum absolute atomic E-state index is 0.891. The maximum Gasteiger partial charge on any atom is -0.0134 e. The van der Waals surface area contributed by atoms with Crippen LogP contribution in [0.4, 0.5) is 0 Å². The Kier molecular flexibility index (Phi) is 2.87. The lowest BCUT2D eigenvalue weighted by Crippen LogP contribution is -2.00. The van der Waals surface area contributed by atoms with E-state index in [2.05, 4.69) is 25.2 Å². The monoisotopic (exact) mass is 176 g/mol. The molecule has 0 heteroatoms. The Bertz CT molecular complexity index is 214. The molecule has 1 atom stereocenters. The van der Waals surface area contributed by atoms with E-state index < -0.39 is 0 Å². The molecule has 0 aliphatic heterocycles. The summed E-state index contributed by atoms with van der Waals surface area (Å²) in [5.74, 6) is 1.88. The first-order valence-corrected chi connectivity index (χ1v) is 5.74. The first-order valence-electron chi connectivity index (χ1n) is 5.74. The number of hydrogen-bond donors (Lipinski definition) is 0. The Labute approximate surface area is 81.7 Å². The zero-order valence-electron chi connectivity index (χ0n) is 8.63. The van der Waals surface area contributed by atoms with E-state index in [-0.39, 0.29) is 0 Å². The normalized spacial score (nSPS) is 28.4. The van der Waals surface area contributed by atoms with E-state index >= 15 is 0 Å². The van der Waals surface area contributed by atoms with E-state index in [1.807, 2.05) is 0 Å². The summed E-state index contributed by atoms with van der Waals surface area (Å²) in [5.41, 5.74) is 1.77. The highest BCUT2D eigenvalue weighted by Gasteiger charge is 2.22. The second-order valence-electron chi connectivity index (χ2n) is 4.51. The van der Waals surface area contributed by atoms with Crippen molar-refractivity contribution in [3.8, 4) is 0 Å². The van der Waals surface area contributed by atoms with Crippen molar-refractivity contribution in [2.75, 3.05) is 0 Å². The molecular formula is C13H20. The predicted octanol–water partition coefficient (Wildman–Crippen LogP) is 4.09. The minimum Gasteiger partial charge on any atom is -0.0879 e. The van der Waals surface area contributed by atoms with Crippen LogP contribution >= 0.6 is 0 Å². The molecule has 0 fully saturated rings. The first kappa shape index (κ1) is 9.05. The van der Waals surface area contributed by atoms with Gasteiger partial charge in [-0.3, -0.25) is 0 Å². The molecule has 2 rings (SSSR count). The third-order valence-electron chi connectivity index (χ3n) is 3.47. The fraction of sp³-hybridized carbons (Fsp3) is 0.692. The number of rotatable bonds is 3. The van der Waals surface area contributed by atoms with Crippen LogP contribution in [0.1, 0.15) is 45.4 Å². The lowest BCUT2D eigenvalue weighted by atomic mass is 9.92. The lowest BCUT2D eigenvalue weighted by Gasteiger charge is -2.13. The summed E-state index contributed by atoms with van der Waals surface area (Å²) in [6, 6.07) is 0. The standard InChI is InChI=1S/C13H20/c1-2-5-11-8-9-13(10-11)12-6-3-4-7-12/h3-4,9,11-12H,2,5-8,10H2,1H3. The van der Waals surface area contributed by atoms with Gasteiger partial charge in [0.1, 0.15) is 0 Å². The van der Waals surface area contributed by atoms with Gasteiger partial charge < -0.3 is 0 Å². The lowest BCUT2D eigenvalue weighted by molar-refractivity contribution is 0.489. The maximum absolute atomic E-state index is 2.53. The quantitative estimate of drug-likeness (QED) is 0.568. The van der Waals surface area contributed by atoms with E-state index in [0.717, 1.165) is 11.8 Å². The van der Waals surface area contributed by atoms with Gasteiger partial charge in [-0.2, -0.15) is 0 Å². The second-order valence-corrected chi connectivity index (χ2v) is 4.51. The fourth-order valence-electron chi connectivity index (χ4n) is 2.70. The predicted molar refractivity (Wildman–Crippen MR) is 57.6 cm³/mol. The third-order valence-corrected chi connectivity index (χ3v) is 3.47. The molecule has 0 aromatic carbocycles. The van der Waals surface area contributed by atoms with Gasteiger partial charge in [-0.1, -0.05) is 43.6 Å². The minimum atomic E-state index is 0.891.